The van der Waals surface area contributed by atoms with Gasteiger partial charge < -0.3 is 14.5 Å². The van der Waals surface area contributed by atoms with E-state index in [1.807, 2.05) is 17.0 Å². The van der Waals surface area contributed by atoms with Crippen LogP contribution in [0.25, 0.3) is 0 Å². The molecule has 4 rings (SSSR count). The SMILES string of the molecule is CCOC(=O)N1CCN2c3cccc(Cl)c3CC3(C(=O)N(C)C(=S)N(C)C3=O)C2C1. The van der Waals surface area contributed by atoms with Gasteiger partial charge in [0.15, 0.2) is 10.5 Å². The summed E-state index contributed by atoms with van der Waals surface area (Å²) in [5.74, 6) is -0.747. The second kappa shape index (κ2) is 7.39. The first-order valence-electron chi connectivity index (χ1n) is 9.80. The molecule has 8 nitrogen and oxygen atoms in total. The molecule has 30 heavy (non-hydrogen) atoms. The first kappa shape index (κ1) is 20.9. The number of carbonyl (C=O) groups is 3. The molecule has 3 aliphatic rings. The van der Waals surface area contributed by atoms with Crippen molar-refractivity contribution in [3.8, 4) is 0 Å². The molecule has 0 radical (unpaired) electrons. The zero-order valence-corrected chi connectivity index (χ0v) is 18.6. The van der Waals surface area contributed by atoms with Crippen LogP contribution in [-0.4, -0.2) is 84.1 Å². The Morgan fingerprint density at radius 1 is 1.23 bits per heavy atom. The number of piperazine rings is 1. The largest absolute Gasteiger partial charge is 0.450 e. The summed E-state index contributed by atoms with van der Waals surface area (Å²) in [6, 6.07) is 5.00. The molecule has 1 aromatic carbocycles. The highest BCUT2D eigenvalue weighted by Crippen LogP contribution is 2.48. The van der Waals surface area contributed by atoms with Gasteiger partial charge in [-0.25, -0.2) is 4.79 Å². The highest BCUT2D eigenvalue weighted by molar-refractivity contribution is 7.80. The number of fused-ring (bicyclic) bond motifs is 4. The summed E-state index contributed by atoms with van der Waals surface area (Å²) in [6.07, 6.45) is -0.299. The predicted molar refractivity (Wildman–Crippen MR) is 115 cm³/mol. The van der Waals surface area contributed by atoms with E-state index in [9.17, 15) is 14.4 Å². The van der Waals surface area contributed by atoms with Crippen LogP contribution in [0.15, 0.2) is 18.2 Å². The minimum absolute atomic E-state index is 0.148. The van der Waals surface area contributed by atoms with E-state index in [4.69, 9.17) is 28.6 Å². The lowest BCUT2D eigenvalue weighted by Crippen LogP contribution is -2.75. The fourth-order valence-electron chi connectivity index (χ4n) is 4.79. The van der Waals surface area contributed by atoms with E-state index in [1.54, 1.807) is 32.0 Å². The lowest BCUT2D eigenvalue weighted by atomic mass is 9.67. The minimum atomic E-state index is -1.44. The first-order valence-corrected chi connectivity index (χ1v) is 10.6. The van der Waals surface area contributed by atoms with Crippen molar-refractivity contribution in [1.29, 1.82) is 0 Å². The average molecular weight is 451 g/mol. The number of benzene rings is 1. The number of thiocarbonyl (C=S) groups is 1. The maximum absolute atomic E-state index is 13.6. The van der Waals surface area contributed by atoms with Crippen molar-refractivity contribution in [2.75, 3.05) is 45.2 Å². The van der Waals surface area contributed by atoms with Crippen molar-refractivity contribution in [1.82, 2.24) is 14.7 Å². The van der Waals surface area contributed by atoms with Gasteiger partial charge in [-0.05, 0) is 36.8 Å². The topological polar surface area (TPSA) is 73.4 Å². The van der Waals surface area contributed by atoms with Crippen LogP contribution in [-0.2, 0) is 20.7 Å². The van der Waals surface area contributed by atoms with E-state index in [2.05, 4.69) is 0 Å². The smallest absolute Gasteiger partial charge is 0.409 e. The second-order valence-electron chi connectivity index (χ2n) is 7.75. The molecule has 0 aromatic heterocycles. The molecular weight excluding hydrogens is 428 g/mol. The zero-order chi connectivity index (χ0) is 21.8. The lowest BCUT2D eigenvalue weighted by Gasteiger charge is -2.56. The van der Waals surface area contributed by atoms with Crippen LogP contribution in [0.4, 0.5) is 10.5 Å². The maximum Gasteiger partial charge on any atom is 0.409 e. The number of halogens is 1. The summed E-state index contributed by atoms with van der Waals surface area (Å²) in [7, 11) is 3.15. The van der Waals surface area contributed by atoms with Gasteiger partial charge in [-0.15, -0.1) is 0 Å². The van der Waals surface area contributed by atoms with Crippen molar-refractivity contribution in [3.63, 3.8) is 0 Å². The second-order valence-corrected chi connectivity index (χ2v) is 8.52. The molecule has 1 unspecified atom stereocenters. The zero-order valence-electron chi connectivity index (χ0n) is 17.1. The van der Waals surface area contributed by atoms with Crippen LogP contribution in [0.3, 0.4) is 0 Å². The number of anilines is 1. The van der Waals surface area contributed by atoms with Gasteiger partial charge in [0.2, 0.25) is 11.8 Å². The summed E-state index contributed by atoms with van der Waals surface area (Å²) < 4.78 is 5.17. The third kappa shape index (κ3) is 2.79. The fraction of sp³-hybridized carbons (Fsp3) is 0.500. The van der Waals surface area contributed by atoms with E-state index in [-0.39, 0.29) is 36.5 Å². The molecule has 0 N–H and O–H groups in total. The third-order valence-corrected chi connectivity index (χ3v) is 7.18. The summed E-state index contributed by atoms with van der Waals surface area (Å²) in [5, 5.41) is 0.669. The first-order chi connectivity index (χ1) is 14.2. The van der Waals surface area contributed by atoms with Gasteiger partial charge >= 0.3 is 6.09 Å². The van der Waals surface area contributed by atoms with Gasteiger partial charge in [-0.3, -0.25) is 19.4 Å². The van der Waals surface area contributed by atoms with E-state index in [0.717, 1.165) is 11.3 Å². The molecule has 0 saturated carbocycles. The van der Waals surface area contributed by atoms with Crippen LogP contribution < -0.4 is 4.90 Å². The molecule has 10 heteroatoms. The molecule has 3 aliphatic heterocycles. The van der Waals surface area contributed by atoms with Crippen molar-refractivity contribution >= 4 is 52.5 Å². The normalized spacial score (nSPS) is 22.9. The monoisotopic (exact) mass is 450 g/mol. The Morgan fingerprint density at radius 3 is 2.53 bits per heavy atom. The molecule has 3 amide bonds. The molecule has 3 heterocycles. The number of amides is 3. The summed E-state index contributed by atoms with van der Waals surface area (Å²) in [5.41, 5.74) is 0.214. The van der Waals surface area contributed by atoms with Crippen molar-refractivity contribution in [3.05, 3.63) is 28.8 Å². The van der Waals surface area contributed by atoms with Gasteiger partial charge in [-0.2, -0.15) is 0 Å². The number of carbonyl (C=O) groups excluding carboxylic acids is 3. The number of hydrogen-bond acceptors (Lipinski definition) is 6. The summed E-state index contributed by atoms with van der Waals surface area (Å²) in [4.78, 5) is 46.0. The predicted octanol–water partition coefficient (Wildman–Crippen LogP) is 1.74. The Morgan fingerprint density at radius 2 is 1.90 bits per heavy atom. The number of hydrogen-bond donors (Lipinski definition) is 0. The van der Waals surface area contributed by atoms with Gasteiger partial charge in [0, 0.05) is 50.9 Å². The van der Waals surface area contributed by atoms with Gasteiger partial charge in [-0.1, -0.05) is 17.7 Å². The molecule has 2 saturated heterocycles. The van der Waals surface area contributed by atoms with E-state index < -0.39 is 17.6 Å². The van der Waals surface area contributed by atoms with Gasteiger partial charge in [0.25, 0.3) is 0 Å². The lowest BCUT2D eigenvalue weighted by molar-refractivity contribution is -0.158. The number of nitrogens with zero attached hydrogens (tertiary/aromatic N) is 4. The summed E-state index contributed by atoms with van der Waals surface area (Å²) >= 11 is 11.8. The molecule has 1 atom stereocenters. The number of rotatable bonds is 1. The third-order valence-electron chi connectivity index (χ3n) is 6.28. The number of ether oxygens (including phenoxy) is 1. The Bertz CT molecular complexity index is 931. The Hall–Kier alpha value is -2.39. The average Bonchev–Trinajstić information content (AvgIpc) is 2.75. The van der Waals surface area contributed by atoms with E-state index >= 15 is 0 Å². The van der Waals surface area contributed by atoms with Crippen LogP contribution >= 0.6 is 23.8 Å². The van der Waals surface area contributed by atoms with Gasteiger partial charge in [0.1, 0.15) is 0 Å². The standard InChI is InChI=1S/C20H23ClN4O4S/c1-4-29-19(28)24-8-9-25-14-7-5-6-13(21)12(14)10-20(15(25)11-24)16(26)22(2)18(30)23(3)17(20)27/h5-7,15H,4,8-11H2,1-3H3. The van der Waals surface area contributed by atoms with Crippen molar-refractivity contribution < 1.29 is 19.1 Å². The maximum atomic E-state index is 13.6. The highest BCUT2D eigenvalue weighted by atomic mass is 35.5. The fourth-order valence-corrected chi connectivity index (χ4v) is 5.19. The molecule has 160 valence electrons. The van der Waals surface area contributed by atoms with E-state index in [0.29, 0.717) is 18.1 Å². The molecule has 0 bridgehead atoms. The molecule has 1 spiro atoms. The quantitative estimate of drug-likeness (QED) is 0.479. The van der Waals surface area contributed by atoms with Crippen LogP contribution in [0.5, 0.6) is 0 Å². The van der Waals surface area contributed by atoms with Crippen LogP contribution in [0.1, 0.15) is 12.5 Å². The Kier molecular flexibility index (Phi) is 5.14. The van der Waals surface area contributed by atoms with Crippen LogP contribution in [0, 0.1) is 5.41 Å². The van der Waals surface area contributed by atoms with Gasteiger partial charge in [0.05, 0.1) is 12.6 Å². The van der Waals surface area contributed by atoms with E-state index in [1.165, 1.54) is 9.80 Å². The van der Waals surface area contributed by atoms with Crippen molar-refractivity contribution in [2.45, 2.75) is 19.4 Å². The Labute approximate surface area is 185 Å². The Balaban J connectivity index is 1.87. The molecule has 2 fully saturated rings. The minimum Gasteiger partial charge on any atom is -0.450 e. The molecular formula is C20H23ClN4O4S. The highest BCUT2D eigenvalue weighted by Gasteiger charge is 2.63. The van der Waals surface area contributed by atoms with Crippen LogP contribution in [0.2, 0.25) is 5.02 Å². The molecule has 1 aromatic rings. The molecule has 0 aliphatic carbocycles. The summed E-state index contributed by atoms with van der Waals surface area (Å²) in [6.45, 7) is 3.07. The van der Waals surface area contributed by atoms with Crippen molar-refractivity contribution in [2.24, 2.45) is 5.41 Å².